The second kappa shape index (κ2) is 8.70. The summed E-state index contributed by atoms with van der Waals surface area (Å²) in [5.74, 6) is -0.884. The first kappa shape index (κ1) is 24.7. The average molecular weight is 547 g/mol. The molecule has 0 bridgehead atoms. The standard InChI is InChI=1S/C25H22ClF3N6O3/c1-11-7-13(12(2)30-15-3-4-19(26)32-21(15)23(36)37)20-14(8-11)22-31-18(25(27,28)29)10-35(22)24(33-20)34-5-6-38-17-9-16(17)34/h3-4,7-8,10,12,16-17,30H,5-6,9H2,1-2H3,(H,36,37)/t12-,16?,17?/m1/s1. The largest absolute Gasteiger partial charge is 0.476 e. The third-order valence-electron chi connectivity index (χ3n) is 6.87. The van der Waals surface area contributed by atoms with Crippen LogP contribution in [0.15, 0.2) is 30.5 Å². The molecule has 13 heteroatoms. The highest BCUT2D eigenvalue weighted by atomic mass is 35.5. The molecule has 1 aromatic carbocycles. The number of benzene rings is 1. The lowest BCUT2D eigenvalue weighted by Gasteiger charge is -2.29. The number of pyridine rings is 1. The molecule has 1 aliphatic heterocycles. The van der Waals surface area contributed by atoms with Crippen LogP contribution in [-0.4, -0.2) is 55.7 Å². The van der Waals surface area contributed by atoms with E-state index in [1.54, 1.807) is 6.07 Å². The van der Waals surface area contributed by atoms with Gasteiger partial charge in [-0.15, -0.1) is 0 Å². The Morgan fingerprint density at radius 3 is 2.79 bits per heavy atom. The highest BCUT2D eigenvalue weighted by molar-refractivity contribution is 6.29. The van der Waals surface area contributed by atoms with Crippen molar-refractivity contribution in [2.75, 3.05) is 23.4 Å². The van der Waals surface area contributed by atoms with E-state index >= 15 is 0 Å². The Hall–Kier alpha value is -3.64. The summed E-state index contributed by atoms with van der Waals surface area (Å²) in [6, 6.07) is 6.19. The third kappa shape index (κ3) is 4.17. The Morgan fingerprint density at radius 1 is 1.26 bits per heavy atom. The van der Waals surface area contributed by atoms with Crippen LogP contribution in [0.2, 0.25) is 5.15 Å². The summed E-state index contributed by atoms with van der Waals surface area (Å²) in [4.78, 5) is 26.5. The van der Waals surface area contributed by atoms with Gasteiger partial charge in [0.25, 0.3) is 0 Å². The topological polar surface area (TPSA) is 105 Å². The lowest BCUT2D eigenvalue weighted by Crippen LogP contribution is -2.38. The zero-order chi connectivity index (χ0) is 26.9. The Kier molecular flexibility index (Phi) is 5.65. The summed E-state index contributed by atoms with van der Waals surface area (Å²) in [6.07, 6.45) is -2.82. The van der Waals surface area contributed by atoms with Crippen LogP contribution in [0.1, 0.15) is 46.7 Å². The third-order valence-corrected chi connectivity index (χ3v) is 7.08. The molecular formula is C25H22ClF3N6O3. The maximum Gasteiger partial charge on any atom is 0.434 e. The molecule has 1 aliphatic carbocycles. The fourth-order valence-electron chi connectivity index (χ4n) is 5.06. The summed E-state index contributed by atoms with van der Waals surface area (Å²) < 4.78 is 48.3. The van der Waals surface area contributed by atoms with Gasteiger partial charge in [0.1, 0.15) is 10.8 Å². The number of carboxylic acids is 1. The van der Waals surface area contributed by atoms with E-state index in [2.05, 4.69) is 15.3 Å². The highest BCUT2D eigenvalue weighted by Crippen LogP contribution is 2.40. The summed E-state index contributed by atoms with van der Waals surface area (Å²) in [6.45, 7) is 4.58. The van der Waals surface area contributed by atoms with E-state index in [4.69, 9.17) is 21.3 Å². The number of carbonyl (C=O) groups is 1. The second-order valence-electron chi connectivity index (χ2n) is 9.59. The summed E-state index contributed by atoms with van der Waals surface area (Å²) in [5.41, 5.74) is 1.09. The van der Waals surface area contributed by atoms with Crippen LogP contribution in [0, 0.1) is 6.92 Å². The van der Waals surface area contributed by atoms with Crippen molar-refractivity contribution in [2.45, 2.75) is 44.6 Å². The predicted molar refractivity (Wildman–Crippen MR) is 134 cm³/mol. The van der Waals surface area contributed by atoms with Crippen molar-refractivity contribution in [3.05, 3.63) is 58.1 Å². The van der Waals surface area contributed by atoms with Gasteiger partial charge in [-0.3, -0.25) is 4.40 Å². The van der Waals surface area contributed by atoms with Gasteiger partial charge in [0.2, 0.25) is 5.95 Å². The zero-order valence-corrected chi connectivity index (χ0v) is 21.0. The number of hydrogen-bond acceptors (Lipinski definition) is 7. The molecule has 2 aliphatic rings. The fourth-order valence-corrected chi connectivity index (χ4v) is 5.20. The van der Waals surface area contributed by atoms with Crippen molar-refractivity contribution < 1.29 is 27.8 Å². The molecule has 1 saturated carbocycles. The van der Waals surface area contributed by atoms with Crippen LogP contribution < -0.4 is 10.2 Å². The van der Waals surface area contributed by atoms with Crippen molar-refractivity contribution in [2.24, 2.45) is 0 Å². The van der Waals surface area contributed by atoms with Gasteiger partial charge in [-0.1, -0.05) is 17.7 Å². The number of hydrogen-bond donors (Lipinski definition) is 2. The number of nitrogens with zero attached hydrogens (tertiary/aromatic N) is 5. The van der Waals surface area contributed by atoms with E-state index in [-0.39, 0.29) is 34.3 Å². The molecule has 4 heterocycles. The van der Waals surface area contributed by atoms with Gasteiger partial charge in [-0.2, -0.15) is 13.2 Å². The van der Waals surface area contributed by atoms with Crippen molar-refractivity contribution in [1.82, 2.24) is 19.4 Å². The Labute approximate surface area is 219 Å². The number of halogens is 4. The minimum absolute atomic E-state index is 0.0341. The first-order valence-electron chi connectivity index (χ1n) is 12.0. The molecule has 3 aromatic heterocycles. The molecule has 9 nitrogen and oxygen atoms in total. The smallest absolute Gasteiger partial charge is 0.434 e. The van der Waals surface area contributed by atoms with Crippen molar-refractivity contribution >= 4 is 45.8 Å². The quantitative estimate of drug-likeness (QED) is 0.333. The van der Waals surface area contributed by atoms with Crippen molar-refractivity contribution in [1.29, 1.82) is 0 Å². The second-order valence-corrected chi connectivity index (χ2v) is 9.97. The van der Waals surface area contributed by atoms with Crippen LogP contribution in [-0.2, 0) is 10.9 Å². The average Bonchev–Trinajstić information content (AvgIpc) is 3.51. The number of alkyl halides is 3. The molecule has 0 amide bonds. The van der Waals surface area contributed by atoms with Crippen LogP contribution in [0.4, 0.5) is 24.8 Å². The maximum atomic E-state index is 13.7. The number of nitrogens with one attached hydrogen (secondary N) is 1. The molecule has 2 N–H and O–H groups in total. The molecule has 0 spiro atoms. The molecule has 38 heavy (non-hydrogen) atoms. The number of aromatic carboxylic acids is 1. The Balaban J connectivity index is 1.54. The molecule has 0 radical (unpaired) electrons. The molecule has 198 valence electrons. The van der Waals surface area contributed by atoms with Gasteiger partial charge in [-0.05, 0) is 44.0 Å². The lowest BCUT2D eigenvalue weighted by molar-refractivity contribution is -0.140. The highest BCUT2D eigenvalue weighted by Gasteiger charge is 2.47. The Morgan fingerprint density at radius 2 is 2.05 bits per heavy atom. The number of imidazole rings is 1. The number of anilines is 2. The molecular weight excluding hydrogens is 525 g/mol. The normalized spacial score (nSPS) is 20.0. The molecule has 2 fully saturated rings. The minimum Gasteiger partial charge on any atom is -0.476 e. The SMILES string of the molecule is Cc1cc([C@@H](C)Nc2ccc(Cl)nc2C(=O)O)c2nc(N3CCOC4CC43)n3cc(C(F)(F)F)nc3c2c1. The zero-order valence-electron chi connectivity index (χ0n) is 20.3. The van der Waals surface area contributed by atoms with Crippen LogP contribution in [0.5, 0.6) is 0 Å². The number of fused-ring (bicyclic) bond motifs is 4. The summed E-state index contributed by atoms with van der Waals surface area (Å²) in [5, 5.41) is 13.3. The number of ether oxygens (including phenoxy) is 1. The van der Waals surface area contributed by atoms with Gasteiger partial charge < -0.3 is 20.1 Å². The number of rotatable bonds is 5. The van der Waals surface area contributed by atoms with Crippen LogP contribution >= 0.6 is 11.6 Å². The van der Waals surface area contributed by atoms with Crippen molar-refractivity contribution in [3.63, 3.8) is 0 Å². The monoisotopic (exact) mass is 546 g/mol. The Bertz CT molecular complexity index is 1610. The van der Waals surface area contributed by atoms with Gasteiger partial charge >= 0.3 is 12.1 Å². The van der Waals surface area contributed by atoms with Gasteiger partial charge in [0, 0.05) is 23.7 Å². The van der Waals surface area contributed by atoms with E-state index < -0.39 is 23.9 Å². The number of aryl methyl sites for hydroxylation is 1. The summed E-state index contributed by atoms with van der Waals surface area (Å²) >= 11 is 5.89. The molecule has 6 rings (SSSR count). The van der Waals surface area contributed by atoms with E-state index in [1.165, 1.54) is 16.5 Å². The molecule has 4 aromatic rings. The predicted octanol–water partition coefficient (Wildman–Crippen LogP) is 5.11. The lowest BCUT2D eigenvalue weighted by atomic mass is 10.0. The maximum absolute atomic E-state index is 13.7. The van der Waals surface area contributed by atoms with E-state index in [0.717, 1.165) is 18.2 Å². The fraction of sp³-hybridized carbons (Fsp3) is 0.360. The van der Waals surface area contributed by atoms with E-state index in [0.29, 0.717) is 35.6 Å². The molecule has 3 atom stereocenters. The van der Waals surface area contributed by atoms with Crippen LogP contribution in [0.3, 0.4) is 0 Å². The number of aromatic nitrogens is 4. The first-order chi connectivity index (χ1) is 18.0. The first-order valence-corrected chi connectivity index (χ1v) is 12.3. The minimum atomic E-state index is -4.63. The van der Waals surface area contributed by atoms with Crippen LogP contribution in [0.25, 0.3) is 16.6 Å². The van der Waals surface area contributed by atoms with Gasteiger partial charge in [0.15, 0.2) is 11.4 Å². The van der Waals surface area contributed by atoms with E-state index in [1.807, 2.05) is 24.8 Å². The molecule has 2 unspecified atom stereocenters. The summed E-state index contributed by atoms with van der Waals surface area (Å²) in [7, 11) is 0. The number of morpholine rings is 1. The van der Waals surface area contributed by atoms with Crippen molar-refractivity contribution in [3.8, 4) is 0 Å². The number of carboxylic acid groups (broad SMARTS) is 1. The van der Waals surface area contributed by atoms with E-state index in [9.17, 15) is 23.1 Å². The van der Waals surface area contributed by atoms with Gasteiger partial charge in [-0.25, -0.2) is 19.7 Å². The molecule has 1 saturated heterocycles. The van der Waals surface area contributed by atoms with Gasteiger partial charge in [0.05, 0.1) is 36.0 Å².